The van der Waals surface area contributed by atoms with E-state index in [-0.39, 0.29) is 11.8 Å². The van der Waals surface area contributed by atoms with Gasteiger partial charge in [0.15, 0.2) is 0 Å². The zero-order chi connectivity index (χ0) is 14.4. The molecule has 1 aromatic carbocycles. The normalized spacial score (nSPS) is 16.4. The van der Waals surface area contributed by atoms with Crippen LogP contribution in [0.2, 0.25) is 0 Å². The Kier molecular flexibility index (Phi) is 5.06. The summed E-state index contributed by atoms with van der Waals surface area (Å²) in [6.45, 7) is 2.76. The lowest BCUT2D eigenvalue weighted by Crippen LogP contribution is -2.29. The number of hydrogen-bond acceptors (Lipinski definition) is 3. The number of rotatable bonds is 4. The van der Waals surface area contributed by atoms with Crippen LogP contribution >= 0.6 is 0 Å². The van der Waals surface area contributed by atoms with E-state index in [2.05, 4.69) is 15.1 Å². The van der Waals surface area contributed by atoms with E-state index in [0.717, 1.165) is 13.1 Å². The number of nitrogens with two attached hydrogens (primary N) is 2. The van der Waals surface area contributed by atoms with Crippen molar-refractivity contribution in [2.75, 3.05) is 13.1 Å². The van der Waals surface area contributed by atoms with Crippen molar-refractivity contribution in [3.8, 4) is 0 Å². The molecule has 1 aliphatic heterocycles. The predicted octanol–water partition coefficient (Wildman–Crippen LogP) is 1.42. The molecule has 1 aliphatic rings. The Balaban J connectivity index is 2.01. The number of halogens is 1. The van der Waals surface area contributed by atoms with Gasteiger partial charge >= 0.3 is 0 Å². The third-order valence-corrected chi connectivity index (χ3v) is 3.30. The van der Waals surface area contributed by atoms with Gasteiger partial charge in [0.25, 0.3) is 0 Å². The molecule has 20 heavy (non-hydrogen) atoms. The predicted molar refractivity (Wildman–Crippen MR) is 78.9 cm³/mol. The van der Waals surface area contributed by atoms with Crippen LogP contribution in [0.4, 0.5) is 4.39 Å². The Bertz CT molecular complexity index is 502. The number of piperidine rings is 1. The van der Waals surface area contributed by atoms with Crippen LogP contribution in [0.3, 0.4) is 0 Å². The molecule has 1 heterocycles. The largest absolute Gasteiger partial charge is 0.369 e. The average molecular weight is 277 g/mol. The zero-order valence-electron chi connectivity index (χ0n) is 11.4. The molecule has 6 heteroatoms. The summed E-state index contributed by atoms with van der Waals surface area (Å²) in [5.74, 6) is -0.340. The molecule has 0 saturated carbocycles. The van der Waals surface area contributed by atoms with Crippen molar-refractivity contribution in [3.05, 3.63) is 35.1 Å². The van der Waals surface area contributed by atoms with Gasteiger partial charge in [-0.05, 0) is 37.6 Å². The monoisotopic (exact) mass is 277 g/mol. The first-order chi connectivity index (χ1) is 9.65. The van der Waals surface area contributed by atoms with Crippen LogP contribution in [0.1, 0.15) is 30.4 Å². The number of likely N-dealkylation sites (tertiary alicyclic amines) is 1. The molecule has 0 aliphatic carbocycles. The van der Waals surface area contributed by atoms with Gasteiger partial charge in [0.1, 0.15) is 5.82 Å². The molecule has 0 bridgehead atoms. The van der Waals surface area contributed by atoms with Crippen molar-refractivity contribution in [2.24, 2.45) is 21.7 Å². The third-order valence-electron chi connectivity index (χ3n) is 3.30. The molecule has 0 unspecified atom stereocenters. The maximum Gasteiger partial charge on any atom is 0.211 e. The lowest BCUT2D eigenvalue weighted by atomic mass is 10.1. The molecule has 0 spiro atoms. The van der Waals surface area contributed by atoms with Crippen molar-refractivity contribution in [3.63, 3.8) is 0 Å². The van der Waals surface area contributed by atoms with Crippen molar-refractivity contribution < 1.29 is 4.39 Å². The van der Waals surface area contributed by atoms with E-state index in [0.29, 0.717) is 17.7 Å². The fraction of sp³-hybridized carbons (Fsp3) is 0.429. The number of nitrogens with zero attached hydrogens (tertiary/aromatic N) is 3. The van der Waals surface area contributed by atoms with E-state index in [4.69, 9.17) is 11.5 Å². The van der Waals surface area contributed by atoms with E-state index in [1.807, 2.05) is 6.07 Å². The Morgan fingerprint density at radius 3 is 2.65 bits per heavy atom. The van der Waals surface area contributed by atoms with Gasteiger partial charge < -0.3 is 11.5 Å². The topological polar surface area (TPSA) is 80.0 Å². The molecule has 0 radical (unpaired) electrons. The van der Waals surface area contributed by atoms with E-state index in [9.17, 15) is 4.39 Å². The summed E-state index contributed by atoms with van der Waals surface area (Å²) < 4.78 is 14.0. The van der Waals surface area contributed by atoms with E-state index in [1.54, 1.807) is 6.07 Å². The number of benzene rings is 1. The highest BCUT2D eigenvalue weighted by Gasteiger charge is 2.12. The third kappa shape index (κ3) is 4.31. The Morgan fingerprint density at radius 1 is 1.25 bits per heavy atom. The Labute approximate surface area is 118 Å². The van der Waals surface area contributed by atoms with E-state index < -0.39 is 0 Å². The van der Waals surface area contributed by atoms with Gasteiger partial charge in [0.05, 0.1) is 6.21 Å². The molecule has 5 nitrogen and oxygen atoms in total. The average Bonchev–Trinajstić information content (AvgIpc) is 2.42. The first kappa shape index (κ1) is 14.5. The van der Waals surface area contributed by atoms with Crippen LogP contribution in [0.25, 0.3) is 0 Å². The molecule has 108 valence electrons. The van der Waals surface area contributed by atoms with Gasteiger partial charge in [-0.2, -0.15) is 5.10 Å². The smallest absolute Gasteiger partial charge is 0.211 e. The van der Waals surface area contributed by atoms with Crippen LogP contribution in [0.15, 0.2) is 28.4 Å². The maximum absolute atomic E-state index is 14.0. The number of guanidine groups is 1. The molecule has 1 fully saturated rings. The van der Waals surface area contributed by atoms with Gasteiger partial charge in [-0.1, -0.05) is 18.6 Å². The maximum atomic E-state index is 14.0. The summed E-state index contributed by atoms with van der Waals surface area (Å²) in [6.07, 6.45) is 5.10. The number of hydrogen-bond donors (Lipinski definition) is 2. The standard InChI is InChI=1S/C14H20FN5/c15-13-8-11(9-18-19-14(16)17)4-5-12(13)10-20-6-2-1-3-7-20/h4-5,8-9H,1-3,6-7,10H2,(H4,16,17,19). The molecule has 1 aromatic rings. The Hall–Kier alpha value is -1.95. The molecular formula is C14H20FN5. The molecule has 2 rings (SSSR count). The second kappa shape index (κ2) is 7.00. The van der Waals surface area contributed by atoms with Crippen molar-refractivity contribution in [1.29, 1.82) is 0 Å². The van der Waals surface area contributed by atoms with Crippen LogP contribution < -0.4 is 11.5 Å². The molecule has 1 saturated heterocycles. The van der Waals surface area contributed by atoms with Crippen molar-refractivity contribution >= 4 is 12.2 Å². The highest BCUT2D eigenvalue weighted by atomic mass is 19.1. The van der Waals surface area contributed by atoms with Gasteiger partial charge in [-0.3, -0.25) is 4.90 Å². The molecule has 4 N–H and O–H groups in total. The second-order valence-electron chi connectivity index (χ2n) is 4.96. The summed E-state index contributed by atoms with van der Waals surface area (Å²) >= 11 is 0. The minimum Gasteiger partial charge on any atom is -0.369 e. The van der Waals surface area contributed by atoms with Crippen LogP contribution in [0.5, 0.6) is 0 Å². The first-order valence-electron chi connectivity index (χ1n) is 6.78. The van der Waals surface area contributed by atoms with Gasteiger partial charge in [0.2, 0.25) is 5.96 Å². The van der Waals surface area contributed by atoms with Gasteiger partial charge in [-0.15, -0.1) is 5.10 Å². The summed E-state index contributed by atoms with van der Waals surface area (Å²) in [5.41, 5.74) is 11.6. The first-order valence-corrected chi connectivity index (χ1v) is 6.78. The minimum atomic E-state index is -0.218. The zero-order valence-corrected chi connectivity index (χ0v) is 11.4. The molecule has 0 aromatic heterocycles. The van der Waals surface area contributed by atoms with E-state index in [1.165, 1.54) is 31.5 Å². The summed E-state index contributed by atoms with van der Waals surface area (Å²) in [6, 6.07) is 5.06. The highest BCUT2D eigenvalue weighted by Crippen LogP contribution is 2.16. The lowest BCUT2D eigenvalue weighted by Gasteiger charge is -2.26. The molecular weight excluding hydrogens is 257 g/mol. The van der Waals surface area contributed by atoms with Crippen LogP contribution in [-0.2, 0) is 6.54 Å². The van der Waals surface area contributed by atoms with Crippen molar-refractivity contribution in [1.82, 2.24) is 4.90 Å². The minimum absolute atomic E-state index is 0.122. The quantitative estimate of drug-likeness (QED) is 0.496. The summed E-state index contributed by atoms with van der Waals surface area (Å²) in [7, 11) is 0. The summed E-state index contributed by atoms with van der Waals surface area (Å²) in [4.78, 5) is 2.29. The van der Waals surface area contributed by atoms with Crippen LogP contribution in [-0.4, -0.2) is 30.2 Å². The molecule has 0 atom stereocenters. The fourth-order valence-electron chi connectivity index (χ4n) is 2.29. The van der Waals surface area contributed by atoms with E-state index >= 15 is 0 Å². The van der Waals surface area contributed by atoms with Gasteiger partial charge in [0, 0.05) is 12.1 Å². The summed E-state index contributed by atoms with van der Waals surface area (Å²) in [5, 5.41) is 7.14. The lowest BCUT2D eigenvalue weighted by molar-refractivity contribution is 0.218. The Morgan fingerprint density at radius 2 is 2.00 bits per heavy atom. The fourth-order valence-corrected chi connectivity index (χ4v) is 2.29. The SMILES string of the molecule is NC(N)=NN=Cc1ccc(CN2CCCCC2)c(F)c1. The second-order valence-corrected chi connectivity index (χ2v) is 4.96. The van der Waals surface area contributed by atoms with Crippen LogP contribution in [0, 0.1) is 5.82 Å². The van der Waals surface area contributed by atoms with Gasteiger partial charge in [-0.25, -0.2) is 4.39 Å². The van der Waals surface area contributed by atoms with Crippen molar-refractivity contribution in [2.45, 2.75) is 25.8 Å². The molecule has 0 amide bonds. The highest BCUT2D eigenvalue weighted by molar-refractivity contribution is 5.81.